The Labute approximate surface area is 90.5 Å². The molecular formula is CCl5Na. The van der Waals surface area contributed by atoms with Gasteiger partial charge in [-0.25, -0.2) is 0 Å². The van der Waals surface area contributed by atoms with Crippen molar-refractivity contribution in [2.45, 2.75) is 3.25 Å². The molecule has 0 N–H and O–H groups in total. The SMILES string of the molecule is ClC(Cl)(Cl)Cl.[Cl-].[Na+]. The molecule has 0 aromatic carbocycles. The third-order valence-corrected chi connectivity index (χ3v) is 0. The number of hydrogen-bond donors (Lipinski definition) is 0. The molecule has 0 radical (unpaired) electrons. The molecule has 0 aromatic heterocycles. The second-order valence-electron chi connectivity index (χ2n) is 0.429. The zero-order valence-corrected chi connectivity index (χ0v) is 9.17. The van der Waals surface area contributed by atoms with E-state index in [2.05, 4.69) is 0 Å². The summed E-state index contributed by atoms with van der Waals surface area (Å²) in [6.45, 7) is 0. The van der Waals surface area contributed by atoms with Gasteiger partial charge in [-0.1, -0.05) is 46.4 Å². The topological polar surface area (TPSA) is 0 Å². The summed E-state index contributed by atoms with van der Waals surface area (Å²) < 4.78 is -1.61. The zero-order chi connectivity index (χ0) is 4.50. The summed E-state index contributed by atoms with van der Waals surface area (Å²) in [7, 11) is 0. The second kappa shape index (κ2) is 6.57. The molecule has 0 aliphatic heterocycles. The van der Waals surface area contributed by atoms with E-state index in [0.717, 1.165) is 0 Å². The molecule has 0 fully saturated rings. The van der Waals surface area contributed by atoms with Gasteiger partial charge in [-0.15, -0.1) is 0 Å². The van der Waals surface area contributed by atoms with Crippen molar-refractivity contribution < 1.29 is 42.0 Å². The predicted molar refractivity (Wildman–Crippen MR) is 26.1 cm³/mol. The van der Waals surface area contributed by atoms with Crippen LogP contribution in [0.25, 0.3) is 0 Å². The van der Waals surface area contributed by atoms with E-state index in [1.165, 1.54) is 0 Å². The monoisotopic (exact) mass is 210 g/mol. The van der Waals surface area contributed by atoms with Gasteiger partial charge in [0.1, 0.15) is 0 Å². The molecule has 0 saturated carbocycles. The van der Waals surface area contributed by atoms with Crippen molar-refractivity contribution >= 4 is 46.4 Å². The Morgan fingerprint density at radius 3 is 0.857 bits per heavy atom. The third-order valence-electron chi connectivity index (χ3n) is 0. The van der Waals surface area contributed by atoms with Crippen LogP contribution in [0.15, 0.2) is 0 Å². The molecule has 0 unspecified atom stereocenters. The number of rotatable bonds is 0. The van der Waals surface area contributed by atoms with Gasteiger partial charge >= 0.3 is 29.6 Å². The van der Waals surface area contributed by atoms with E-state index in [9.17, 15) is 0 Å². The standard InChI is InChI=1S/CCl4.ClH.Na/c2-1(3,4)5;;/h;1H;/q;;+1/p-1. The minimum Gasteiger partial charge on any atom is -1.00 e. The molecule has 0 atom stereocenters. The fourth-order valence-electron chi connectivity index (χ4n) is 0. The predicted octanol–water partition coefficient (Wildman–Crippen LogP) is -3.44. The number of halogens is 5. The maximum Gasteiger partial charge on any atom is 1.00 e. The van der Waals surface area contributed by atoms with Crippen LogP contribution in [0.3, 0.4) is 0 Å². The van der Waals surface area contributed by atoms with Crippen LogP contribution in [0.4, 0.5) is 0 Å². The van der Waals surface area contributed by atoms with Gasteiger partial charge in [0, 0.05) is 0 Å². The molecule has 0 nitrogen and oxygen atoms in total. The molecule has 0 heterocycles. The summed E-state index contributed by atoms with van der Waals surface area (Å²) in [5.74, 6) is 0. The minimum absolute atomic E-state index is 0. The van der Waals surface area contributed by atoms with Crippen molar-refractivity contribution in [1.82, 2.24) is 0 Å². The molecule has 0 spiro atoms. The van der Waals surface area contributed by atoms with E-state index in [4.69, 9.17) is 46.4 Å². The van der Waals surface area contributed by atoms with Gasteiger partial charge in [-0.05, 0) is 0 Å². The molecule has 40 valence electrons. The van der Waals surface area contributed by atoms with Gasteiger partial charge in [-0.3, -0.25) is 0 Å². The molecule has 6 heteroatoms. The first-order valence-corrected chi connectivity index (χ1v) is 2.27. The van der Waals surface area contributed by atoms with Crippen LogP contribution >= 0.6 is 46.4 Å². The number of alkyl halides is 4. The van der Waals surface area contributed by atoms with Crippen LogP contribution < -0.4 is 42.0 Å². The summed E-state index contributed by atoms with van der Waals surface area (Å²) in [5.41, 5.74) is 0. The van der Waals surface area contributed by atoms with E-state index in [1.54, 1.807) is 0 Å². The van der Waals surface area contributed by atoms with Gasteiger partial charge in [0.25, 0.3) is 3.25 Å². The van der Waals surface area contributed by atoms with Crippen molar-refractivity contribution in [2.24, 2.45) is 0 Å². The van der Waals surface area contributed by atoms with Crippen LogP contribution in [-0.4, -0.2) is 3.25 Å². The van der Waals surface area contributed by atoms with E-state index >= 15 is 0 Å². The number of hydrogen-bond acceptors (Lipinski definition) is 0. The van der Waals surface area contributed by atoms with E-state index in [1.807, 2.05) is 0 Å². The Morgan fingerprint density at radius 2 is 0.857 bits per heavy atom. The molecule has 0 bridgehead atoms. The molecule has 0 aromatic rings. The quantitative estimate of drug-likeness (QED) is 0.289. The summed E-state index contributed by atoms with van der Waals surface area (Å²) in [6, 6.07) is 0. The average molecular weight is 212 g/mol. The van der Waals surface area contributed by atoms with E-state index < -0.39 is 3.25 Å². The summed E-state index contributed by atoms with van der Waals surface area (Å²) >= 11 is 19.3. The van der Waals surface area contributed by atoms with E-state index in [0.29, 0.717) is 0 Å². The van der Waals surface area contributed by atoms with Crippen LogP contribution in [0.1, 0.15) is 0 Å². The molecule has 7 heavy (non-hydrogen) atoms. The van der Waals surface area contributed by atoms with Gasteiger partial charge in [0.05, 0.1) is 0 Å². The Balaban J connectivity index is -0.0000000800. The Morgan fingerprint density at radius 1 is 0.857 bits per heavy atom. The third kappa shape index (κ3) is 58.6. The molecule has 0 aliphatic carbocycles. The molecule has 0 amide bonds. The van der Waals surface area contributed by atoms with Gasteiger partial charge in [-0.2, -0.15) is 0 Å². The Bertz CT molecular complexity index is 23.6. The normalized spacial score (nSPS) is 8.57. The smallest absolute Gasteiger partial charge is 1.00 e. The first kappa shape index (κ1) is 16.2. The summed E-state index contributed by atoms with van der Waals surface area (Å²) in [4.78, 5) is 0. The van der Waals surface area contributed by atoms with Crippen molar-refractivity contribution in [2.75, 3.05) is 0 Å². The van der Waals surface area contributed by atoms with Crippen LogP contribution in [-0.2, 0) is 0 Å². The van der Waals surface area contributed by atoms with Crippen LogP contribution in [0.5, 0.6) is 0 Å². The maximum absolute atomic E-state index is 4.83. The largest absolute Gasteiger partial charge is 1.00 e. The average Bonchev–Trinajstić information content (AvgIpc) is 0.722. The molecule has 0 aliphatic rings. The Kier molecular flexibility index (Phi) is 15.2. The maximum atomic E-state index is 4.83. The second-order valence-corrected chi connectivity index (χ2v) is 3.86. The summed E-state index contributed by atoms with van der Waals surface area (Å²) in [5, 5.41) is 0. The first-order chi connectivity index (χ1) is 2.00. The Hall–Kier alpha value is 2.45. The van der Waals surface area contributed by atoms with E-state index in [-0.39, 0.29) is 42.0 Å². The first-order valence-electron chi connectivity index (χ1n) is 0.756. The van der Waals surface area contributed by atoms with Crippen molar-refractivity contribution in [3.8, 4) is 0 Å². The fraction of sp³-hybridized carbons (Fsp3) is 1.00. The van der Waals surface area contributed by atoms with Gasteiger partial charge in [0.15, 0.2) is 0 Å². The van der Waals surface area contributed by atoms with Crippen LogP contribution in [0, 0.1) is 0 Å². The van der Waals surface area contributed by atoms with Crippen molar-refractivity contribution in [3.05, 3.63) is 0 Å². The molecule has 0 saturated heterocycles. The van der Waals surface area contributed by atoms with Crippen LogP contribution in [0.2, 0.25) is 0 Å². The molecule has 0 rings (SSSR count). The zero-order valence-electron chi connectivity index (χ0n) is 3.39. The van der Waals surface area contributed by atoms with Crippen molar-refractivity contribution in [1.29, 1.82) is 0 Å². The van der Waals surface area contributed by atoms with Gasteiger partial charge in [0.2, 0.25) is 0 Å². The van der Waals surface area contributed by atoms with Crippen molar-refractivity contribution in [3.63, 3.8) is 0 Å². The summed E-state index contributed by atoms with van der Waals surface area (Å²) in [6.07, 6.45) is 0. The molecular weight excluding hydrogens is 212 g/mol. The van der Waals surface area contributed by atoms with Gasteiger partial charge < -0.3 is 12.4 Å². The fourth-order valence-corrected chi connectivity index (χ4v) is 0. The minimum atomic E-state index is -1.61.